The van der Waals surface area contributed by atoms with Gasteiger partial charge in [-0.15, -0.1) is 5.10 Å². The molecule has 2 aromatic rings. The minimum absolute atomic E-state index is 0.0734. The first-order chi connectivity index (χ1) is 6.72. The van der Waals surface area contributed by atoms with E-state index in [9.17, 15) is 0 Å². The van der Waals surface area contributed by atoms with Crippen molar-refractivity contribution in [3.05, 3.63) is 22.2 Å². The van der Waals surface area contributed by atoms with Crippen LogP contribution in [0.4, 0.5) is 0 Å². The lowest BCUT2D eigenvalue weighted by Crippen LogP contribution is -2.03. The average molecular weight is 256 g/mol. The van der Waals surface area contributed by atoms with Crippen LogP contribution in [0.15, 0.2) is 16.6 Å². The van der Waals surface area contributed by atoms with Crippen molar-refractivity contribution >= 4 is 27.0 Å². The Bertz CT molecular complexity index is 466. The third-order valence-corrected chi connectivity index (χ3v) is 2.96. The molecule has 14 heavy (non-hydrogen) atoms. The largest absolute Gasteiger partial charge is 0.394 e. The zero-order valence-corrected chi connectivity index (χ0v) is 9.32. The number of aryl methyl sites for hydroxylation is 1. The van der Waals surface area contributed by atoms with E-state index in [2.05, 4.69) is 26.2 Å². The van der Waals surface area contributed by atoms with Crippen LogP contribution < -0.4 is 0 Å². The third-order valence-electron chi connectivity index (χ3n) is 2.11. The van der Waals surface area contributed by atoms with Gasteiger partial charge in [-0.3, -0.25) is 0 Å². The van der Waals surface area contributed by atoms with Crippen LogP contribution in [0.5, 0.6) is 0 Å². The van der Waals surface area contributed by atoms with Crippen LogP contribution in [0.2, 0.25) is 0 Å². The molecule has 4 nitrogen and oxygen atoms in total. The second-order valence-electron chi connectivity index (χ2n) is 3.13. The van der Waals surface area contributed by atoms with E-state index in [-0.39, 0.29) is 6.61 Å². The highest BCUT2D eigenvalue weighted by molar-refractivity contribution is 9.10. The number of aliphatic hydroxyl groups is 1. The number of halogens is 1. The Morgan fingerprint density at radius 1 is 1.50 bits per heavy atom. The molecule has 1 aromatic heterocycles. The Morgan fingerprint density at radius 2 is 2.29 bits per heavy atom. The molecule has 0 aliphatic carbocycles. The van der Waals surface area contributed by atoms with Crippen molar-refractivity contribution in [2.45, 2.75) is 13.5 Å². The van der Waals surface area contributed by atoms with E-state index in [0.29, 0.717) is 6.54 Å². The Labute approximate surface area is 89.7 Å². The van der Waals surface area contributed by atoms with Gasteiger partial charge in [-0.05, 0) is 24.6 Å². The Hall–Kier alpha value is -0.940. The summed E-state index contributed by atoms with van der Waals surface area (Å²) in [6.07, 6.45) is 0. The van der Waals surface area contributed by atoms with Crippen LogP contribution in [0.3, 0.4) is 0 Å². The van der Waals surface area contributed by atoms with Gasteiger partial charge in [0.05, 0.1) is 18.7 Å². The van der Waals surface area contributed by atoms with Gasteiger partial charge in [-0.2, -0.15) is 0 Å². The highest BCUT2D eigenvalue weighted by atomic mass is 79.9. The molecule has 2 rings (SSSR count). The van der Waals surface area contributed by atoms with Gasteiger partial charge < -0.3 is 5.11 Å². The predicted octanol–water partition coefficient (Wildman–Crippen LogP) is 1.49. The van der Waals surface area contributed by atoms with Crippen LogP contribution in [0, 0.1) is 6.92 Å². The van der Waals surface area contributed by atoms with Crippen LogP contribution in [-0.2, 0) is 6.54 Å². The smallest absolute Gasteiger partial charge is 0.113 e. The fourth-order valence-electron chi connectivity index (χ4n) is 1.35. The predicted molar refractivity (Wildman–Crippen MR) is 57.1 cm³/mol. The molecule has 0 bridgehead atoms. The van der Waals surface area contributed by atoms with Crippen molar-refractivity contribution in [2.24, 2.45) is 0 Å². The number of fused-ring (bicyclic) bond motifs is 1. The Morgan fingerprint density at radius 3 is 3.00 bits per heavy atom. The molecular formula is C9H10BrN3O. The van der Waals surface area contributed by atoms with Gasteiger partial charge in [-0.1, -0.05) is 21.1 Å². The van der Waals surface area contributed by atoms with Gasteiger partial charge in [0.15, 0.2) is 0 Å². The van der Waals surface area contributed by atoms with Gasteiger partial charge in [0, 0.05) is 4.47 Å². The van der Waals surface area contributed by atoms with Crippen LogP contribution >= 0.6 is 15.9 Å². The number of aromatic nitrogens is 3. The maximum absolute atomic E-state index is 8.82. The van der Waals surface area contributed by atoms with Crippen molar-refractivity contribution in [3.8, 4) is 0 Å². The summed E-state index contributed by atoms with van der Waals surface area (Å²) in [6, 6.07) is 3.95. The van der Waals surface area contributed by atoms with E-state index in [1.807, 2.05) is 19.1 Å². The number of hydrogen-bond donors (Lipinski definition) is 1. The number of hydrogen-bond acceptors (Lipinski definition) is 3. The van der Waals surface area contributed by atoms with Crippen LogP contribution in [-0.4, -0.2) is 26.7 Å². The molecule has 0 unspecified atom stereocenters. The third kappa shape index (κ3) is 1.53. The van der Waals surface area contributed by atoms with E-state index >= 15 is 0 Å². The van der Waals surface area contributed by atoms with Crippen molar-refractivity contribution in [2.75, 3.05) is 6.61 Å². The van der Waals surface area contributed by atoms with E-state index in [0.717, 1.165) is 21.1 Å². The summed E-state index contributed by atoms with van der Waals surface area (Å²) < 4.78 is 2.73. The summed E-state index contributed by atoms with van der Waals surface area (Å²) >= 11 is 3.45. The molecule has 0 aliphatic heterocycles. The molecule has 1 heterocycles. The molecule has 0 atom stereocenters. The minimum Gasteiger partial charge on any atom is -0.394 e. The summed E-state index contributed by atoms with van der Waals surface area (Å²) in [6.45, 7) is 2.56. The van der Waals surface area contributed by atoms with E-state index in [4.69, 9.17) is 5.11 Å². The highest BCUT2D eigenvalue weighted by Crippen LogP contribution is 2.22. The van der Waals surface area contributed by atoms with Gasteiger partial charge in [0.2, 0.25) is 0 Å². The van der Waals surface area contributed by atoms with E-state index in [1.165, 1.54) is 0 Å². The molecule has 74 valence electrons. The van der Waals surface area contributed by atoms with Crippen LogP contribution in [0.25, 0.3) is 11.0 Å². The standard InChI is InChI=1S/C9H10BrN3O/c1-6-4-8-9(5-7(6)10)13(2-3-14)12-11-8/h4-5,14H,2-3H2,1H3. The molecular weight excluding hydrogens is 246 g/mol. The van der Waals surface area contributed by atoms with Crippen LogP contribution in [0.1, 0.15) is 5.56 Å². The summed E-state index contributed by atoms with van der Waals surface area (Å²) in [5, 5.41) is 16.8. The fraction of sp³-hybridized carbons (Fsp3) is 0.333. The highest BCUT2D eigenvalue weighted by Gasteiger charge is 2.06. The summed E-state index contributed by atoms with van der Waals surface area (Å²) in [5.74, 6) is 0. The molecule has 0 fully saturated rings. The zero-order valence-electron chi connectivity index (χ0n) is 7.74. The summed E-state index contributed by atoms with van der Waals surface area (Å²) in [7, 11) is 0. The first kappa shape index (κ1) is 9.61. The van der Waals surface area contributed by atoms with Gasteiger partial charge in [-0.25, -0.2) is 4.68 Å². The lowest BCUT2D eigenvalue weighted by atomic mass is 10.2. The normalized spacial score (nSPS) is 11.1. The topological polar surface area (TPSA) is 50.9 Å². The molecule has 0 radical (unpaired) electrons. The zero-order chi connectivity index (χ0) is 10.1. The molecule has 0 saturated heterocycles. The second kappa shape index (κ2) is 3.67. The second-order valence-corrected chi connectivity index (χ2v) is 3.98. The molecule has 0 amide bonds. The maximum atomic E-state index is 8.82. The number of nitrogens with zero attached hydrogens (tertiary/aromatic N) is 3. The number of aliphatic hydroxyl groups excluding tert-OH is 1. The monoisotopic (exact) mass is 255 g/mol. The molecule has 5 heteroatoms. The summed E-state index contributed by atoms with van der Waals surface area (Å²) in [4.78, 5) is 0. The van der Waals surface area contributed by atoms with E-state index < -0.39 is 0 Å². The SMILES string of the molecule is Cc1cc2nnn(CCO)c2cc1Br. The Kier molecular flexibility index (Phi) is 2.52. The lowest BCUT2D eigenvalue weighted by molar-refractivity contribution is 0.270. The maximum Gasteiger partial charge on any atom is 0.113 e. The number of benzene rings is 1. The molecule has 0 aliphatic rings. The van der Waals surface area contributed by atoms with Crippen molar-refractivity contribution in [1.82, 2.24) is 15.0 Å². The van der Waals surface area contributed by atoms with Gasteiger partial charge >= 0.3 is 0 Å². The molecule has 1 aromatic carbocycles. The number of rotatable bonds is 2. The fourth-order valence-corrected chi connectivity index (χ4v) is 1.68. The first-order valence-corrected chi connectivity index (χ1v) is 5.12. The van der Waals surface area contributed by atoms with E-state index in [1.54, 1.807) is 4.68 Å². The molecule has 0 spiro atoms. The molecule has 1 N–H and O–H groups in total. The van der Waals surface area contributed by atoms with Gasteiger partial charge in [0.25, 0.3) is 0 Å². The quantitative estimate of drug-likeness (QED) is 0.885. The minimum atomic E-state index is 0.0734. The molecule has 0 saturated carbocycles. The average Bonchev–Trinajstić information content (AvgIpc) is 2.51. The Balaban J connectivity index is 2.61. The first-order valence-electron chi connectivity index (χ1n) is 4.32. The van der Waals surface area contributed by atoms with Gasteiger partial charge in [0.1, 0.15) is 5.52 Å². The lowest BCUT2D eigenvalue weighted by Gasteiger charge is -2.00. The van der Waals surface area contributed by atoms with Crippen molar-refractivity contribution in [1.29, 1.82) is 0 Å². The summed E-state index contributed by atoms with van der Waals surface area (Å²) in [5.41, 5.74) is 2.93. The van der Waals surface area contributed by atoms with Crippen molar-refractivity contribution < 1.29 is 5.11 Å². The van der Waals surface area contributed by atoms with Crippen molar-refractivity contribution in [3.63, 3.8) is 0 Å².